The average Bonchev–Trinajstić information content (AvgIpc) is 2.98. The summed E-state index contributed by atoms with van der Waals surface area (Å²) < 4.78 is 35.4. The summed E-state index contributed by atoms with van der Waals surface area (Å²) in [5, 5.41) is 2.84. The van der Waals surface area contributed by atoms with Gasteiger partial charge in [0, 0.05) is 22.5 Å². The number of benzene rings is 3. The van der Waals surface area contributed by atoms with E-state index in [1.807, 2.05) is 44.4 Å². The van der Waals surface area contributed by atoms with E-state index in [0.717, 1.165) is 25.7 Å². The standard InChI is InChI=1S/C30H36BrN3O5S2/c1-5-19-32-30(36)22(3)33(20-23-7-9-24(31)10-8-23)29(35)21-34(25-11-13-26(14-12-25)39-6-2)41(37,38)28-17-15-27(40-4)16-18-28/h7-18,22H,5-6,19-21H2,1-4H3,(H,32,36)/t22-/m1/s1. The van der Waals surface area contributed by atoms with Gasteiger partial charge in [0.15, 0.2) is 0 Å². The van der Waals surface area contributed by atoms with Crippen LogP contribution in [0.3, 0.4) is 0 Å². The number of thioether (sulfide) groups is 1. The highest BCUT2D eigenvalue weighted by atomic mass is 79.9. The van der Waals surface area contributed by atoms with Gasteiger partial charge in [0.2, 0.25) is 11.8 Å². The van der Waals surface area contributed by atoms with E-state index in [-0.39, 0.29) is 17.3 Å². The zero-order valence-corrected chi connectivity index (χ0v) is 26.9. The van der Waals surface area contributed by atoms with Crippen LogP contribution in [0.25, 0.3) is 0 Å². The Labute approximate surface area is 255 Å². The van der Waals surface area contributed by atoms with Gasteiger partial charge in [-0.15, -0.1) is 11.8 Å². The highest BCUT2D eigenvalue weighted by Gasteiger charge is 2.32. The highest BCUT2D eigenvalue weighted by molar-refractivity contribution is 9.10. The van der Waals surface area contributed by atoms with E-state index in [1.165, 1.54) is 28.8 Å². The zero-order valence-electron chi connectivity index (χ0n) is 23.7. The van der Waals surface area contributed by atoms with Crippen molar-refractivity contribution in [2.45, 2.75) is 49.6 Å². The number of rotatable bonds is 14. The molecule has 1 N–H and O–H groups in total. The quantitative estimate of drug-likeness (QED) is 0.223. The van der Waals surface area contributed by atoms with Crippen molar-refractivity contribution in [3.63, 3.8) is 0 Å². The fraction of sp³-hybridized carbons (Fsp3) is 0.333. The van der Waals surface area contributed by atoms with E-state index in [2.05, 4.69) is 21.2 Å². The zero-order chi connectivity index (χ0) is 30.0. The van der Waals surface area contributed by atoms with Gasteiger partial charge in [-0.1, -0.05) is 35.0 Å². The monoisotopic (exact) mass is 661 g/mol. The first-order chi connectivity index (χ1) is 19.6. The molecule has 1 atom stereocenters. The lowest BCUT2D eigenvalue weighted by atomic mass is 10.1. The maximum Gasteiger partial charge on any atom is 0.264 e. The Morgan fingerprint density at radius 1 is 0.976 bits per heavy atom. The van der Waals surface area contributed by atoms with E-state index < -0.39 is 28.5 Å². The van der Waals surface area contributed by atoms with Crippen molar-refractivity contribution < 1.29 is 22.7 Å². The molecule has 0 aliphatic rings. The minimum atomic E-state index is -4.14. The number of nitrogens with zero attached hydrogens (tertiary/aromatic N) is 2. The van der Waals surface area contributed by atoms with Gasteiger partial charge >= 0.3 is 0 Å². The molecule has 41 heavy (non-hydrogen) atoms. The van der Waals surface area contributed by atoms with Crippen molar-refractivity contribution in [3.05, 3.63) is 82.8 Å². The van der Waals surface area contributed by atoms with Gasteiger partial charge in [0.25, 0.3) is 10.0 Å². The van der Waals surface area contributed by atoms with Gasteiger partial charge in [-0.2, -0.15) is 0 Å². The van der Waals surface area contributed by atoms with Gasteiger partial charge in [0.05, 0.1) is 17.2 Å². The topological polar surface area (TPSA) is 96.0 Å². The molecule has 0 aliphatic carbocycles. The van der Waals surface area contributed by atoms with E-state index >= 15 is 0 Å². The Kier molecular flexibility index (Phi) is 12.1. The summed E-state index contributed by atoms with van der Waals surface area (Å²) in [4.78, 5) is 29.3. The Balaban J connectivity index is 2.02. The molecule has 0 aliphatic heterocycles. The van der Waals surface area contributed by atoms with Crippen LogP contribution in [-0.4, -0.2) is 57.1 Å². The summed E-state index contributed by atoms with van der Waals surface area (Å²) in [5.41, 5.74) is 1.11. The molecule has 8 nitrogen and oxygen atoms in total. The predicted molar refractivity (Wildman–Crippen MR) is 168 cm³/mol. The number of anilines is 1. The second-order valence-corrected chi connectivity index (χ2v) is 12.9. The second kappa shape index (κ2) is 15.3. The van der Waals surface area contributed by atoms with Crippen LogP contribution >= 0.6 is 27.7 Å². The van der Waals surface area contributed by atoms with Crippen LogP contribution in [0.1, 0.15) is 32.8 Å². The fourth-order valence-corrected chi connectivity index (χ4v) is 6.13. The molecule has 0 unspecified atom stereocenters. The predicted octanol–water partition coefficient (Wildman–Crippen LogP) is 5.71. The molecule has 3 aromatic carbocycles. The first-order valence-electron chi connectivity index (χ1n) is 13.3. The van der Waals surface area contributed by atoms with Crippen LogP contribution in [0.4, 0.5) is 5.69 Å². The summed E-state index contributed by atoms with van der Waals surface area (Å²) in [6.45, 7) is 6.03. The second-order valence-electron chi connectivity index (χ2n) is 9.23. The van der Waals surface area contributed by atoms with E-state index in [9.17, 15) is 18.0 Å². The van der Waals surface area contributed by atoms with E-state index in [0.29, 0.717) is 24.6 Å². The third-order valence-corrected chi connectivity index (χ3v) is 9.41. The van der Waals surface area contributed by atoms with Crippen molar-refractivity contribution in [2.75, 3.05) is 30.3 Å². The molecule has 2 amide bonds. The molecule has 0 aromatic heterocycles. The minimum absolute atomic E-state index is 0.0604. The summed E-state index contributed by atoms with van der Waals surface area (Å²) in [6, 6.07) is 19.7. The summed E-state index contributed by atoms with van der Waals surface area (Å²) >= 11 is 4.92. The minimum Gasteiger partial charge on any atom is -0.494 e. The molecule has 11 heteroatoms. The molecule has 0 saturated heterocycles. The number of hydrogen-bond donors (Lipinski definition) is 1. The van der Waals surface area contributed by atoms with Gasteiger partial charge in [-0.3, -0.25) is 13.9 Å². The summed E-state index contributed by atoms with van der Waals surface area (Å²) in [6.07, 6.45) is 2.66. The number of carbonyl (C=O) groups is 2. The van der Waals surface area contributed by atoms with E-state index in [4.69, 9.17) is 4.74 Å². The van der Waals surface area contributed by atoms with Gasteiger partial charge in [-0.25, -0.2) is 8.42 Å². The van der Waals surface area contributed by atoms with Crippen LogP contribution < -0.4 is 14.4 Å². The van der Waals surface area contributed by atoms with Crippen molar-refractivity contribution in [1.29, 1.82) is 0 Å². The lowest BCUT2D eigenvalue weighted by molar-refractivity contribution is -0.139. The smallest absolute Gasteiger partial charge is 0.264 e. The maximum atomic E-state index is 14.0. The Hall–Kier alpha value is -3.02. The number of hydrogen-bond acceptors (Lipinski definition) is 6. The molecule has 3 aromatic rings. The number of halogens is 1. The Bertz CT molecular complexity index is 1400. The summed E-state index contributed by atoms with van der Waals surface area (Å²) in [5.74, 6) is -0.229. The van der Waals surface area contributed by atoms with Gasteiger partial charge < -0.3 is 15.0 Å². The van der Waals surface area contributed by atoms with Gasteiger partial charge in [-0.05, 0) is 92.8 Å². The summed E-state index contributed by atoms with van der Waals surface area (Å²) in [7, 11) is -4.14. The van der Waals surface area contributed by atoms with Crippen LogP contribution in [0.2, 0.25) is 0 Å². The van der Waals surface area contributed by atoms with Crippen molar-refractivity contribution in [1.82, 2.24) is 10.2 Å². The van der Waals surface area contributed by atoms with Crippen molar-refractivity contribution in [2.24, 2.45) is 0 Å². The van der Waals surface area contributed by atoms with Crippen LogP contribution in [0.15, 0.2) is 87.1 Å². The molecule has 0 spiro atoms. The van der Waals surface area contributed by atoms with Crippen molar-refractivity contribution >= 4 is 55.2 Å². The molecule has 3 rings (SSSR count). The molecule has 0 fully saturated rings. The van der Waals surface area contributed by atoms with Crippen LogP contribution in [0.5, 0.6) is 5.75 Å². The lowest BCUT2D eigenvalue weighted by Crippen LogP contribution is -2.51. The normalized spacial score (nSPS) is 11.9. The fourth-order valence-electron chi connectivity index (χ4n) is 4.04. The number of carbonyl (C=O) groups excluding carboxylic acids is 2. The number of ether oxygens (including phenoxy) is 1. The number of nitrogens with one attached hydrogen (secondary N) is 1. The largest absolute Gasteiger partial charge is 0.494 e. The average molecular weight is 663 g/mol. The Morgan fingerprint density at radius 2 is 1.61 bits per heavy atom. The third-order valence-electron chi connectivity index (χ3n) is 6.34. The third kappa shape index (κ3) is 8.73. The number of sulfonamides is 1. The molecule has 0 bridgehead atoms. The lowest BCUT2D eigenvalue weighted by Gasteiger charge is -2.32. The maximum absolute atomic E-state index is 14.0. The van der Waals surface area contributed by atoms with Crippen LogP contribution in [0, 0.1) is 0 Å². The molecule has 220 valence electrons. The molecular formula is C30H36BrN3O5S2. The Morgan fingerprint density at radius 3 is 2.17 bits per heavy atom. The molecule has 0 radical (unpaired) electrons. The molecular weight excluding hydrogens is 626 g/mol. The first-order valence-corrected chi connectivity index (χ1v) is 16.8. The van der Waals surface area contributed by atoms with E-state index in [1.54, 1.807) is 43.3 Å². The number of amides is 2. The molecule has 0 heterocycles. The highest BCUT2D eigenvalue weighted by Crippen LogP contribution is 2.28. The van der Waals surface area contributed by atoms with Crippen molar-refractivity contribution in [3.8, 4) is 5.75 Å². The molecule has 0 saturated carbocycles. The van der Waals surface area contributed by atoms with Crippen LogP contribution in [-0.2, 0) is 26.2 Å². The SMILES string of the molecule is CCCNC(=O)[C@@H](C)N(Cc1ccc(Br)cc1)C(=O)CN(c1ccc(OCC)cc1)S(=O)(=O)c1ccc(SC)cc1. The first kappa shape index (κ1) is 32.5. The van der Waals surface area contributed by atoms with Gasteiger partial charge in [0.1, 0.15) is 18.3 Å².